The monoisotopic (exact) mass is 588 g/mol. The number of ether oxygens (including phenoxy) is 1. The molecule has 0 aliphatic carbocycles. The summed E-state index contributed by atoms with van der Waals surface area (Å²) < 4.78 is 52.2. The number of benzene rings is 3. The van der Waals surface area contributed by atoms with Crippen LogP contribution in [0.15, 0.2) is 66.9 Å². The zero-order valence-corrected chi connectivity index (χ0v) is 22.9. The molecule has 0 atom stereocenters. The second kappa shape index (κ2) is 11.7. The molecule has 2 aromatic heterocycles. The number of aromatic nitrogens is 3. The van der Waals surface area contributed by atoms with Gasteiger partial charge in [0.15, 0.2) is 17.4 Å². The summed E-state index contributed by atoms with van der Waals surface area (Å²) in [6.07, 6.45) is 4.07. The Balaban J connectivity index is 1.37. The van der Waals surface area contributed by atoms with Crippen LogP contribution in [0.3, 0.4) is 0 Å². The summed E-state index contributed by atoms with van der Waals surface area (Å²) in [5.74, 6) is -3.79. The van der Waals surface area contributed by atoms with Crippen molar-refractivity contribution in [3.8, 4) is 17.2 Å². The molecule has 11 heteroatoms. The Morgan fingerprint density at radius 1 is 1.00 bits per heavy atom. The fourth-order valence-electron chi connectivity index (χ4n) is 5.32. The van der Waals surface area contributed by atoms with E-state index in [0.717, 1.165) is 36.1 Å². The van der Waals surface area contributed by atoms with Crippen LogP contribution in [0.5, 0.6) is 11.5 Å². The molecule has 1 amide bonds. The quantitative estimate of drug-likeness (QED) is 0.200. The number of hydrogen-bond donors (Lipinski definition) is 2. The molecular formula is C32H27F3N4O4. The van der Waals surface area contributed by atoms with Crippen LogP contribution in [0.4, 0.5) is 19.0 Å². The summed E-state index contributed by atoms with van der Waals surface area (Å²) >= 11 is 0. The summed E-state index contributed by atoms with van der Waals surface area (Å²) in [6, 6.07) is 15.4. The molecule has 1 aliphatic rings. The summed E-state index contributed by atoms with van der Waals surface area (Å²) in [6.45, 7) is 0.430. The fourth-order valence-corrected chi connectivity index (χ4v) is 5.32. The van der Waals surface area contributed by atoms with Gasteiger partial charge in [-0.2, -0.15) is 5.10 Å². The van der Waals surface area contributed by atoms with Gasteiger partial charge in [0.2, 0.25) is 5.91 Å². The van der Waals surface area contributed by atoms with E-state index in [-0.39, 0.29) is 34.7 Å². The highest BCUT2D eigenvalue weighted by atomic mass is 19.1. The second-order valence-corrected chi connectivity index (χ2v) is 10.5. The number of halogens is 3. The van der Waals surface area contributed by atoms with E-state index < -0.39 is 29.2 Å². The van der Waals surface area contributed by atoms with E-state index >= 15 is 8.78 Å². The first-order valence-corrected chi connectivity index (χ1v) is 13.9. The van der Waals surface area contributed by atoms with Crippen molar-refractivity contribution >= 4 is 28.6 Å². The number of aliphatic carboxylic acids is 1. The molecule has 2 N–H and O–H groups in total. The molecule has 220 valence electrons. The normalized spacial score (nSPS) is 13.6. The first kappa shape index (κ1) is 28.1. The average molecular weight is 589 g/mol. The third-order valence-electron chi connectivity index (χ3n) is 7.41. The Morgan fingerprint density at radius 2 is 1.84 bits per heavy atom. The summed E-state index contributed by atoms with van der Waals surface area (Å²) in [4.78, 5) is 28.2. The van der Waals surface area contributed by atoms with Gasteiger partial charge in [0.25, 0.3) is 0 Å². The Morgan fingerprint density at radius 3 is 2.65 bits per heavy atom. The van der Waals surface area contributed by atoms with E-state index in [4.69, 9.17) is 9.84 Å². The third kappa shape index (κ3) is 5.83. The van der Waals surface area contributed by atoms with E-state index in [1.54, 1.807) is 11.0 Å². The average Bonchev–Trinajstić information content (AvgIpc) is 3.63. The van der Waals surface area contributed by atoms with Crippen molar-refractivity contribution in [1.82, 2.24) is 14.8 Å². The van der Waals surface area contributed by atoms with E-state index in [9.17, 15) is 14.0 Å². The number of anilines is 1. The number of rotatable bonds is 9. The van der Waals surface area contributed by atoms with Crippen molar-refractivity contribution in [3.63, 3.8) is 0 Å². The number of carboxylic acids is 1. The number of aromatic amines is 1. The number of carboxylic acid groups (broad SMARTS) is 1. The number of nitrogens with one attached hydrogen (secondary N) is 1. The van der Waals surface area contributed by atoms with Crippen LogP contribution in [-0.4, -0.2) is 38.3 Å². The van der Waals surface area contributed by atoms with Gasteiger partial charge in [0, 0.05) is 55.6 Å². The lowest BCUT2D eigenvalue weighted by Gasteiger charge is -2.27. The molecule has 0 saturated carbocycles. The number of amides is 1. The van der Waals surface area contributed by atoms with Crippen molar-refractivity contribution in [3.05, 3.63) is 101 Å². The molecule has 0 unspecified atom stereocenters. The number of piperidine rings is 1. The molecule has 5 aromatic rings. The van der Waals surface area contributed by atoms with Crippen molar-refractivity contribution in [1.29, 1.82) is 0 Å². The Kier molecular flexibility index (Phi) is 7.62. The Hall–Kier alpha value is -5.06. The topological polar surface area (TPSA) is 100 Å². The highest BCUT2D eigenvalue weighted by Crippen LogP contribution is 2.35. The molecule has 8 nitrogen and oxygen atoms in total. The van der Waals surface area contributed by atoms with E-state index in [1.807, 2.05) is 24.3 Å². The molecular weight excluding hydrogens is 561 g/mol. The van der Waals surface area contributed by atoms with E-state index in [0.29, 0.717) is 37.3 Å². The number of H-pyrrole nitrogens is 1. The van der Waals surface area contributed by atoms with Crippen LogP contribution in [0.1, 0.15) is 42.5 Å². The minimum absolute atomic E-state index is 0.00380. The van der Waals surface area contributed by atoms with Crippen LogP contribution in [0.25, 0.3) is 16.6 Å². The van der Waals surface area contributed by atoms with Gasteiger partial charge < -0.3 is 14.8 Å². The molecule has 3 aromatic carbocycles. The standard InChI is InChI=1S/C32H27F3N4O4/c33-24-9-8-22(43-32-25(34)18-26-23(31(32)35)11-12-36-26)17-27(24)39-28(38-13-2-1-6-29(38)40)16-21(37-39)15-20-5-3-4-19(14-20)7-10-30(41)42/h3-5,8-9,11-12,14,16-18,36H,1-2,6-7,10,13,15H2,(H,41,42). The number of carbonyl (C=O) groups excluding carboxylic acids is 1. The molecule has 1 fully saturated rings. The van der Waals surface area contributed by atoms with Gasteiger partial charge in [-0.05, 0) is 48.6 Å². The van der Waals surface area contributed by atoms with Gasteiger partial charge in [-0.25, -0.2) is 17.9 Å². The Labute approximate surface area is 244 Å². The van der Waals surface area contributed by atoms with Crippen molar-refractivity contribution < 1.29 is 32.6 Å². The first-order valence-electron chi connectivity index (χ1n) is 13.9. The van der Waals surface area contributed by atoms with Crippen LogP contribution in [0, 0.1) is 17.5 Å². The predicted octanol–water partition coefficient (Wildman–Crippen LogP) is 6.69. The van der Waals surface area contributed by atoms with Gasteiger partial charge in [-0.15, -0.1) is 0 Å². The molecule has 6 rings (SSSR count). The molecule has 0 bridgehead atoms. The number of nitrogens with zero attached hydrogens (tertiary/aromatic N) is 3. The lowest BCUT2D eigenvalue weighted by molar-refractivity contribution is -0.137. The smallest absolute Gasteiger partial charge is 0.303 e. The van der Waals surface area contributed by atoms with Crippen LogP contribution >= 0.6 is 0 Å². The minimum atomic E-state index is -0.926. The Bertz CT molecular complexity index is 1850. The van der Waals surface area contributed by atoms with Crippen LogP contribution < -0.4 is 9.64 Å². The molecule has 3 heterocycles. The summed E-state index contributed by atoms with van der Waals surface area (Å²) in [5.41, 5.74) is 2.49. The summed E-state index contributed by atoms with van der Waals surface area (Å²) in [7, 11) is 0. The highest BCUT2D eigenvalue weighted by Gasteiger charge is 2.26. The number of carbonyl (C=O) groups is 2. The number of aryl methyl sites for hydroxylation is 1. The summed E-state index contributed by atoms with van der Waals surface area (Å²) in [5, 5.41) is 13.8. The third-order valence-corrected chi connectivity index (χ3v) is 7.41. The molecule has 43 heavy (non-hydrogen) atoms. The van der Waals surface area contributed by atoms with Crippen LogP contribution in [-0.2, 0) is 22.4 Å². The molecule has 1 aliphatic heterocycles. The molecule has 0 spiro atoms. The molecule has 1 saturated heterocycles. The fraction of sp³-hybridized carbons (Fsp3) is 0.219. The minimum Gasteiger partial charge on any atom is -0.481 e. The predicted molar refractivity (Wildman–Crippen MR) is 153 cm³/mol. The zero-order chi connectivity index (χ0) is 30.1. The van der Waals surface area contributed by atoms with E-state index in [1.165, 1.54) is 29.1 Å². The number of hydrogen-bond acceptors (Lipinski definition) is 4. The van der Waals surface area contributed by atoms with Crippen molar-refractivity contribution in [2.75, 3.05) is 11.4 Å². The second-order valence-electron chi connectivity index (χ2n) is 10.5. The lowest BCUT2D eigenvalue weighted by Crippen LogP contribution is -2.36. The first-order chi connectivity index (χ1) is 20.8. The van der Waals surface area contributed by atoms with Crippen LogP contribution in [0.2, 0.25) is 0 Å². The van der Waals surface area contributed by atoms with Gasteiger partial charge in [-0.1, -0.05) is 24.3 Å². The van der Waals surface area contributed by atoms with Gasteiger partial charge in [0.1, 0.15) is 23.1 Å². The van der Waals surface area contributed by atoms with Gasteiger partial charge in [-0.3, -0.25) is 14.5 Å². The van der Waals surface area contributed by atoms with E-state index in [2.05, 4.69) is 10.1 Å². The SMILES string of the molecule is O=C(O)CCc1cccc(Cc2cc(N3CCCCC3=O)n(-c3cc(Oc4c(F)cc5[nH]ccc5c4F)ccc3F)n2)c1. The maximum atomic E-state index is 15.4. The van der Waals surface area contributed by atoms with Gasteiger partial charge >= 0.3 is 5.97 Å². The largest absolute Gasteiger partial charge is 0.481 e. The van der Waals surface area contributed by atoms with Crippen molar-refractivity contribution in [2.24, 2.45) is 0 Å². The number of fused-ring (bicyclic) bond motifs is 1. The maximum Gasteiger partial charge on any atom is 0.303 e. The lowest BCUT2D eigenvalue weighted by atomic mass is 10.0. The molecule has 0 radical (unpaired) electrons. The van der Waals surface area contributed by atoms with Crippen molar-refractivity contribution in [2.45, 2.75) is 38.5 Å². The highest BCUT2D eigenvalue weighted by molar-refractivity contribution is 5.93. The van der Waals surface area contributed by atoms with Gasteiger partial charge in [0.05, 0.1) is 11.2 Å². The zero-order valence-electron chi connectivity index (χ0n) is 22.9. The maximum absolute atomic E-state index is 15.4.